The van der Waals surface area contributed by atoms with Crippen molar-refractivity contribution in [3.05, 3.63) is 76.3 Å². The van der Waals surface area contributed by atoms with Crippen LogP contribution in [0.2, 0.25) is 0 Å². The molecule has 2 heterocycles. The van der Waals surface area contributed by atoms with E-state index in [-0.39, 0.29) is 23.4 Å². The number of carbonyl (C=O) groups is 2. The van der Waals surface area contributed by atoms with Gasteiger partial charge in [0.05, 0.1) is 10.9 Å². The molecule has 0 atom stereocenters. The Morgan fingerprint density at radius 1 is 1.03 bits per heavy atom. The summed E-state index contributed by atoms with van der Waals surface area (Å²) in [5, 5.41) is 3.60. The molecule has 154 valence electrons. The summed E-state index contributed by atoms with van der Waals surface area (Å²) in [6.07, 6.45) is 2.15. The first-order chi connectivity index (χ1) is 14.6. The van der Waals surface area contributed by atoms with Crippen LogP contribution >= 0.6 is 0 Å². The minimum atomic E-state index is -0.182. The van der Waals surface area contributed by atoms with Crippen LogP contribution in [0, 0.1) is 0 Å². The zero-order valence-corrected chi connectivity index (χ0v) is 16.6. The molecule has 0 bridgehead atoms. The van der Waals surface area contributed by atoms with E-state index in [1.807, 2.05) is 29.2 Å². The standard InChI is InChI=1S/C23H24N4O3/c28-21(11-10-20-25-19-9-5-4-8-18(19)23(30)26-20)27-14-12-17(13-15-27)24-22(29)16-6-2-1-3-7-16/h1-9,17H,10-15H2,(H,24,29)(H,25,26,30). The average Bonchev–Trinajstić information content (AvgIpc) is 2.78. The van der Waals surface area contributed by atoms with Crippen LogP contribution in [0.5, 0.6) is 0 Å². The molecule has 1 saturated heterocycles. The number of hydrogen-bond donors (Lipinski definition) is 2. The zero-order valence-electron chi connectivity index (χ0n) is 16.6. The molecule has 0 radical (unpaired) electrons. The Bertz CT molecular complexity index is 1100. The molecule has 2 amide bonds. The average molecular weight is 404 g/mol. The van der Waals surface area contributed by atoms with Gasteiger partial charge in [0.25, 0.3) is 11.5 Å². The normalized spacial score (nSPS) is 14.6. The van der Waals surface area contributed by atoms with E-state index < -0.39 is 0 Å². The Labute approximate surface area is 174 Å². The smallest absolute Gasteiger partial charge is 0.258 e. The van der Waals surface area contributed by atoms with E-state index in [0.717, 1.165) is 12.8 Å². The van der Waals surface area contributed by atoms with Crippen LogP contribution in [0.3, 0.4) is 0 Å². The number of H-pyrrole nitrogens is 1. The maximum Gasteiger partial charge on any atom is 0.258 e. The number of piperidine rings is 1. The van der Waals surface area contributed by atoms with E-state index >= 15 is 0 Å². The largest absolute Gasteiger partial charge is 0.349 e. The van der Waals surface area contributed by atoms with Gasteiger partial charge in [0.1, 0.15) is 5.82 Å². The molecule has 2 N–H and O–H groups in total. The van der Waals surface area contributed by atoms with Crippen molar-refractivity contribution in [2.24, 2.45) is 0 Å². The van der Waals surface area contributed by atoms with Gasteiger partial charge in [-0.25, -0.2) is 4.98 Å². The molecule has 3 aromatic rings. The van der Waals surface area contributed by atoms with Gasteiger partial charge in [-0.1, -0.05) is 30.3 Å². The molecule has 0 aliphatic carbocycles. The lowest BCUT2D eigenvalue weighted by Gasteiger charge is -2.32. The number of amides is 2. The van der Waals surface area contributed by atoms with E-state index in [0.29, 0.717) is 48.2 Å². The fourth-order valence-electron chi connectivity index (χ4n) is 3.77. The summed E-state index contributed by atoms with van der Waals surface area (Å²) in [6, 6.07) is 16.4. The fourth-order valence-corrected chi connectivity index (χ4v) is 3.77. The molecule has 7 nitrogen and oxygen atoms in total. The number of hydrogen-bond acceptors (Lipinski definition) is 4. The second-order valence-corrected chi connectivity index (χ2v) is 7.52. The second kappa shape index (κ2) is 8.90. The van der Waals surface area contributed by atoms with Crippen LogP contribution in [0.15, 0.2) is 59.4 Å². The Kier molecular flexibility index (Phi) is 5.88. The van der Waals surface area contributed by atoms with Crippen molar-refractivity contribution in [3.63, 3.8) is 0 Å². The highest BCUT2D eigenvalue weighted by atomic mass is 16.2. The number of aromatic nitrogens is 2. The highest BCUT2D eigenvalue weighted by Crippen LogP contribution is 2.14. The summed E-state index contributed by atoms with van der Waals surface area (Å²) in [7, 11) is 0. The van der Waals surface area contributed by atoms with Gasteiger partial charge in [-0.15, -0.1) is 0 Å². The molecular weight excluding hydrogens is 380 g/mol. The van der Waals surface area contributed by atoms with Crippen LogP contribution in [0.1, 0.15) is 35.4 Å². The van der Waals surface area contributed by atoms with Crippen molar-refractivity contribution in [2.75, 3.05) is 13.1 Å². The number of aryl methyl sites for hydroxylation is 1. The van der Waals surface area contributed by atoms with E-state index in [4.69, 9.17) is 0 Å². The number of fused-ring (bicyclic) bond motifs is 1. The van der Waals surface area contributed by atoms with Gasteiger partial charge in [0.15, 0.2) is 0 Å². The fraction of sp³-hybridized carbons (Fsp3) is 0.304. The van der Waals surface area contributed by atoms with Crippen molar-refractivity contribution in [1.29, 1.82) is 0 Å². The van der Waals surface area contributed by atoms with Crippen molar-refractivity contribution >= 4 is 22.7 Å². The number of para-hydroxylation sites is 1. The third-order valence-corrected chi connectivity index (χ3v) is 5.46. The number of rotatable bonds is 5. The topological polar surface area (TPSA) is 95.2 Å². The first-order valence-corrected chi connectivity index (χ1v) is 10.2. The number of aromatic amines is 1. The lowest BCUT2D eigenvalue weighted by atomic mass is 10.0. The summed E-state index contributed by atoms with van der Waals surface area (Å²) >= 11 is 0. The maximum absolute atomic E-state index is 12.6. The third-order valence-electron chi connectivity index (χ3n) is 5.46. The van der Waals surface area contributed by atoms with E-state index in [9.17, 15) is 14.4 Å². The number of likely N-dealkylation sites (tertiary alicyclic amines) is 1. The van der Waals surface area contributed by atoms with E-state index in [1.54, 1.807) is 30.3 Å². The minimum absolute atomic E-state index is 0.0404. The van der Waals surface area contributed by atoms with Gasteiger partial charge in [0.2, 0.25) is 5.91 Å². The maximum atomic E-state index is 12.6. The Morgan fingerprint density at radius 3 is 2.50 bits per heavy atom. The van der Waals surface area contributed by atoms with Gasteiger partial charge >= 0.3 is 0 Å². The Hall–Kier alpha value is -3.48. The summed E-state index contributed by atoms with van der Waals surface area (Å²) in [5.74, 6) is 0.488. The van der Waals surface area contributed by atoms with Crippen LogP contribution in [-0.2, 0) is 11.2 Å². The van der Waals surface area contributed by atoms with Gasteiger partial charge in [-0.05, 0) is 37.1 Å². The minimum Gasteiger partial charge on any atom is -0.349 e. The van der Waals surface area contributed by atoms with Crippen LogP contribution in [-0.4, -0.2) is 45.8 Å². The number of carbonyl (C=O) groups excluding carboxylic acids is 2. The predicted octanol–water partition coefficient (Wildman–Crippen LogP) is 2.28. The Morgan fingerprint density at radius 2 is 1.73 bits per heavy atom. The van der Waals surface area contributed by atoms with Crippen LogP contribution in [0.4, 0.5) is 0 Å². The molecule has 0 unspecified atom stereocenters. The zero-order chi connectivity index (χ0) is 20.9. The van der Waals surface area contributed by atoms with E-state index in [1.165, 1.54) is 0 Å². The van der Waals surface area contributed by atoms with Gasteiger partial charge in [-0.2, -0.15) is 0 Å². The molecule has 1 aliphatic heterocycles. The molecule has 1 aromatic heterocycles. The highest BCUT2D eigenvalue weighted by molar-refractivity contribution is 5.94. The summed E-state index contributed by atoms with van der Waals surface area (Å²) in [5.41, 5.74) is 1.10. The Balaban J connectivity index is 1.28. The molecule has 1 aliphatic rings. The van der Waals surface area contributed by atoms with Crippen LogP contribution < -0.4 is 10.9 Å². The van der Waals surface area contributed by atoms with Crippen molar-refractivity contribution in [2.45, 2.75) is 31.7 Å². The van der Waals surface area contributed by atoms with Gasteiger partial charge in [0, 0.05) is 37.5 Å². The van der Waals surface area contributed by atoms with Crippen molar-refractivity contribution in [3.8, 4) is 0 Å². The molecule has 2 aromatic carbocycles. The summed E-state index contributed by atoms with van der Waals surface area (Å²) in [4.78, 5) is 46.1. The molecule has 0 saturated carbocycles. The first-order valence-electron chi connectivity index (χ1n) is 10.2. The number of nitrogens with one attached hydrogen (secondary N) is 2. The monoisotopic (exact) mass is 404 g/mol. The quantitative estimate of drug-likeness (QED) is 0.682. The van der Waals surface area contributed by atoms with Crippen LogP contribution in [0.25, 0.3) is 10.9 Å². The molecule has 4 rings (SSSR count). The van der Waals surface area contributed by atoms with Crippen molar-refractivity contribution < 1.29 is 9.59 Å². The lowest BCUT2D eigenvalue weighted by Crippen LogP contribution is -2.46. The molecule has 1 fully saturated rings. The summed E-state index contributed by atoms with van der Waals surface area (Å²) < 4.78 is 0. The molecule has 0 spiro atoms. The number of benzene rings is 2. The van der Waals surface area contributed by atoms with Gasteiger partial charge < -0.3 is 15.2 Å². The molecule has 30 heavy (non-hydrogen) atoms. The van der Waals surface area contributed by atoms with Crippen molar-refractivity contribution in [1.82, 2.24) is 20.2 Å². The predicted molar refractivity (Wildman–Crippen MR) is 114 cm³/mol. The molecular formula is C23H24N4O3. The molecule has 7 heteroatoms. The van der Waals surface area contributed by atoms with Gasteiger partial charge in [-0.3, -0.25) is 14.4 Å². The summed E-state index contributed by atoms with van der Waals surface area (Å²) in [6.45, 7) is 1.22. The second-order valence-electron chi connectivity index (χ2n) is 7.52. The highest BCUT2D eigenvalue weighted by Gasteiger charge is 2.24. The lowest BCUT2D eigenvalue weighted by molar-refractivity contribution is -0.132. The van der Waals surface area contributed by atoms with E-state index in [2.05, 4.69) is 15.3 Å². The third kappa shape index (κ3) is 4.56. The SMILES string of the molecule is O=C(NC1CCN(C(=O)CCc2nc3ccccc3c(=O)[nH]2)CC1)c1ccccc1. The number of nitrogens with zero attached hydrogens (tertiary/aromatic N) is 2. The first kappa shape index (κ1) is 19.8.